The molecule has 0 saturated carbocycles. The summed E-state index contributed by atoms with van der Waals surface area (Å²) in [5.41, 5.74) is 3.85. The lowest BCUT2D eigenvalue weighted by atomic mass is 9.74. The lowest BCUT2D eigenvalue weighted by Gasteiger charge is -2.36. The first kappa shape index (κ1) is 20.7. The predicted octanol–water partition coefficient (Wildman–Crippen LogP) is 3.81. The zero-order valence-corrected chi connectivity index (χ0v) is 17.3. The largest absolute Gasteiger partial charge is 0.373 e. The molecule has 2 aliphatic heterocycles. The predicted molar refractivity (Wildman–Crippen MR) is 117 cm³/mol. The third-order valence-electron chi connectivity index (χ3n) is 6.20. The highest BCUT2D eigenvalue weighted by molar-refractivity contribution is 6.12. The molecule has 0 bridgehead atoms. The summed E-state index contributed by atoms with van der Waals surface area (Å²) in [5, 5.41) is 0. The highest BCUT2D eigenvalue weighted by Crippen LogP contribution is 2.49. The van der Waals surface area contributed by atoms with E-state index in [4.69, 9.17) is 9.59 Å². The van der Waals surface area contributed by atoms with Gasteiger partial charge in [0.25, 0.3) is 0 Å². The number of benzene rings is 2. The highest BCUT2D eigenvalue weighted by atomic mass is 16.2. The van der Waals surface area contributed by atoms with E-state index < -0.39 is 5.41 Å². The first-order valence-electron chi connectivity index (χ1n) is 10.2. The van der Waals surface area contributed by atoms with Crippen molar-refractivity contribution in [3.8, 4) is 11.1 Å². The van der Waals surface area contributed by atoms with Gasteiger partial charge in [0.15, 0.2) is 0 Å². The second-order valence-corrected chi connectivity index (χ2v) is 7.90. The number of hydrogen-bond acceptors (Lipinski definition) is 5. The van der Waals surface area contributed by atoms with Crippen molar-refractivity contribution in [1.29, 1.82) is 0 Å². The molecular weight excluding hydrogens is 390 g/mol. The summed E-state index contributed by atoms with van der Waals surface area (Å²) in [6.45, 7) is 1.86. The number of hydrogen-bond donors (Lipinski definition) is 0. The van der Waals surface area contributed by atoms with Gasteiger partial charge in [0.05, 0.1) is 11.1 Å². The van der Waals surface area contributed by atoms with Gasteiger partial charge in [-0.05, 0) is 62.3 Å². The number of piperidine rings is 1. The van der Waals surface area contributed by atoms with E-state index >= 15 is 0 Å². The van der Waals surface area contributed by atoms with Crippen LogP contribution >= 0.6 is 0 Å². The zero-order chi connectivity index (χ0) is 21.8. The minimum atomic E-state index is -0.436. The van der Waals surface area contributed by atoms with Gasteiger partial charge in [0.2, 0.25) is 5.91 Å². The molecule has 1 fully saturated rings. The smallest absolute Gasteiger partial charge is 0.306 e. The minimum Gasteiger partial charge on any atom is -0.306 e. The summed E-state index contributed by atoms with van der Waals surface area (Å²) in [7, 11) is 2.12. The number of carbonyl (C=O) groups excluding carboxylic acids is 3. The summed E-state index contributed by atoms with van der Waals surface area (Å²) in [5.74, 6) is 0.964. The summed E-state index contributed by atoms with van der Waals surface area (Å²) < 4.78 is 0. The van der Waals surface area contributed by atoms with Crippen molar-refractivity contribution < 1.29 is 14.4 Å². The first-order chi connectivity index (χ1) is 15.1. The summed E-state index contributed by atoms with van der Waals surface area (Å²) >= 11 is 0. The molecule has 0 unspecified atom stereocenters. The van der Waals surface area contributed by atoms with Gasteiger partial charge in [-0.15, -0.1) is 0 Å². The van der Waals surface area contributed by atoms with Crippen LogP contribution in [0.25, 0.3) is 11.1 Å². The number of rotatable bonds is 2. The molecule has 0 atom stereocenters. The SMILES string of the molecule is CN1CCC2(CC1)C(=O)N(c1ccc(-c3ccccc3)cc1)c1ncccc12.O=C=O. The molecule has 156 valence electrons. The zero-order valence-electron chi connectivity index (χ0n) is 17.3. The van der Waals surface area contributed by atoms with Gasteiger partial charge in [-0.2, -0.15) is 9.59 Å². The summed E-state index contributed by atoms with van der Waals surface area (Å²) in [6, 6.07) is 22.6. The molecule has 1 amide bonds. The molecule has 6 heteroatoms. The van der Waals surface area contributed by atoms with E-state index in [2.05, 4.69) is 47.3 Å². The Morgan fingerprint density at radius 3 is 2.13 bits per heavy atom. The van der Waals surface area contributed by atoms with Crippen LogP contribution in [0.2, 0.25) is 0 Å². The summed E-state index contributed by atoms with van der Waals surface area (Å²) in [6.07, 6.45) is 3.73. The third-order valence-corrected chi connectivity index (χ3v) is 6.20. The second-order valence-electron chi connectivity index (χ2n) is 7.90. The Balaban J connectivity index is 0.000000730. The maximum absolute atomic E-state index is 13.7. The number of aromatic nitrogens is 1. The van der Waals surface area contributed by atoms with Crippen molar-refractivity contribution in [2.75, 3.05) is 25.0 Å². The quantitative estimate of drug-likeness (QED) is 0.639. The molecule has 2 aromatic carbocycles. The van der Waals surface area contributed by atoms with Gasteiger partial charge in [-0.3, -0.25) is 9.69 Å². The number of fused-ring (bicyclic) bond motifs is 2. The van der Waals surface area contributed by atoms with Crippen LogP contribution in [0.15, 0.2) is 72.9 Å². The summed E-state index contributed by atoms with van der Waals surface area (Å²) in [4.78, 5) is 38.7. The van der Waals surface area contributed by atoms with E-state index in [1.807, 2.05) is 41.3 Å². The molecule has 1 aromatic heterocycles. The first-order valence-corrected chi connectivity index (χ1v) is 10.2. The minimum absolute atomic E-state index is 0.168. The number of amides is 1. The van der Waals surface area contributed by atoms with Crippen LogP contribution in [0, 0.1) is 0 Å². The lowest BCUT2D eigenvalue weighted by Crippen LogP contribution is -2.46. The van der Waals surface area contributed by atoms with Crippen molar-refractivity contribution in [3.05, 3.63) is 78.5 Å². The molecule has 5 rings (SSSR count). The van der Waals surface area contributed by atoms with Crippen molar-refractivity contribution in [2.45, 2.75) is 18.3 Å². The van der Waals surface area contributed by atoms with Crippen molar-refractivity contribution in [1.82, 2.24) is 9.88 Å². The Hall–Kier alpha value is -3.60. The van der Waals surface area contributed by atoms with Crippen LogP contribution in [0.1, 0.15) is 18.4 Å². The normalized spacial score (nSPS) is 16.9. The Kier molecular flexibility index (Phi) is 5.76. The van der Waals surface area contributed by atoms with Gasteiger partial charge in [0, 0.05) is 11.8 Å². The average molecular weight is 413 g/mol. The van der Waals surface area contributed by atoms with Gasteiger partial charge < -0.3 is 4.90 Å². The maximum Gasteiger partial charge on any atom is 0.373 e. The molecule has 1 spiro atoms. The van der Waals surface area contributed by atoms with Gasteiger partial charge in [-0.1, -0.05) is 48.5 Å². The fraction of sp³-hybridized carbons (Fsp3) is 0.240. The molecule has 31 heavy (non-hydrogen) atoms. The topological polar surface area (TPSA) is 70.6 Å². The molecule has 1 saturated heterocycles. The Labute approximate surface area is 181 Å². The molecule has 0 N–H and O–H groups in total. The Morgan fingerprint density at radius 2 is 1.48 bits per heavy atom. The maximum atomic E-state index is 13.7. The van der Waals surface area contributed by atoms with Crippen LogP contribution in [-0.4, -0.2) is 42.1 Å². The van der Waals surface area contributed by atoms with Crippen LogP contribution in [0.5, 0.6) is 0 Å². The third kappa shape index (κ3) is 3.67. The van der Waals surface area contributed by atoms with E-state index in [1.165, 1.54) is 5.56 Å². The molecular formula is C25H23N3O3. The van der Waals surface area contributed by atoms with Gasteiger partial charge in [-0.25, -0.2) is 4.98 Å². The van der Waals surface area contributed by atoms with Crippen molar-refractivity contribution in [3.63, 3.8) is 0 Å². The molecule has 3 aromatic rings. The van der Waals surface area contributed by atoms with Crippen molar-refractivity contribution in [2.24, 2.45) is 0 Å². The average Bonchev–Trinajstić information content (AvgIpc) is 3.05. The molecule has 6 nitrogen and oxygen atoms in total. The van der Waals surface area contributed by atoms with E-state index in [0.29, 0.717) is 0 Å². The lowest BCUT2D eigenvalue weighted by molar-refractivity contribution is -0.191. The van der Waals surface area contributed by atoms with Crippen LogP contribution in [0.4, 0.5) is 11.5 Å². The highest BCUT2D eigenvalue weighted by Gasteiger charge is 2.52. The van der Waals surface area contributed by atoms with Gasteiger partial charge in [0.1, 0.15) is 5.82 Å². The number of nitrogens with zero attached hydrogens (tertiary/aromatic N) is 3. The van der Waals surface area contributed by atoms with Crippen LogP contribution < -0.4 is 4.90 Å². The van der Waals surface area contributed by atoms with Crippen molar-refractivity contribution >= 4 is 23.6 Å². The number of pyridine rings is 1. The number of likely N-dealkylation sites (tertiary alicyclic amines) is 1. The van der Waals surface area contributed by atoms with E-state index in [9.17, 15) is 4.79 Å². The van der Waals surface area contributed by atoms with E-state index in [0.717, 1.165) is 48.6 Å². The van der Waals surface area contributed by atoms with Gasteiger partial charge >= 0.3 is 6.15 Å². The fourth-order valence-corrected chi connectivity index (χ4v) is 4.53. The number of anilines is 2. The number of carbonyl (C=O) groups is 1. The standard InChI is InChI=1S/C24H23N3O.CO2/c1-26-16-13-24(14-17-26)21-8-5-15-25-22(21)27(23(24)28)20-11-9-19(10-12-20)18-6-3-2-4-7-18;2-1-3/h2-12,15H,13-14,16-17H2,1H3;. The Bertz CT molecular complexity index is 1100. The van der Waals surface area contributed by atoms with Crippen LogP contribution in [0.3, 0.4) is 0 Å². The Morgan fingerprint density at radius 1 is 0.871 bits per heavy atom. The van der Waals surface area contributed by atoms with E-state index in [1.54, 1.807) is 6.20 Å². The molecule has 2 aliphatic rings. The molecule has 0 aliphatic carbocycles. The van der Waals surface area contributed by atoms with E-state index in [-0.39, 0.29) is 12.1 Å². The fourth-order valence-electron chi connectivity index (χ4n) is 4.53. The second kappa shape index (κ2) is 8.64. The monoisotopic (exact) mass is 413 g/mol. The molecule has 0 radical (unpaired) electrons. The molecule has 3 heterocycles. The van der Waals surface area contributed by atoms with Crippen LogP contribution in [-0.2, 0) is 19.8 Å².